The Morgan fingerprint density at radius 3 is 2.29 bits per heavy atom. The summed E-state index contributed by atoms with van der Waals surface area (Å²) in [5.41, 5.74) is 0.958. The molecule has 3 aromatic rings. The molecule has 0 radical (unpaired) electrons. The Hall–Kier alpha value is -3.30. The lowest BCUT2D eigenvalue weighted by atomic mass is 10.0. The molecule has 144 valence electrons. The SMILES string of the molecule is Fc1ccc(C2=CC(c3ccc(F)c(F)c3)n3nc(C(F)(F)F)nc3N2)cc1. The van der Waals surface area contributed by atoms with Crippen molar-refractivity contribution in [2.75, 3.05) is 5.32 Å². The van der Waals surface area contributed by atoms with Crippen molar-refractivity contribution < 1.29 is 26.3 Å². The molecule has 28 heavy (non-hydrogen) atoms. The Bertz CT molecular complexity index is 1070. The molecular weight excluding hydrogens is 386 g/mol. The van der Waals surface area contributed by atoms with Gasteiger partial charge in [-0.25, -0.2) is 17.9 Å². The van der Waals surface area contributed by atoms with E-state index in [2.05, 4.69) is 15.4 Å². The van der Waals surface area contributed by atoms with Gasteiger partial charge in [-0.3, -0.25) is 0 Å². The number of aromatic nitrogens is 3. The smallest absolute Gasteiger partial charge is 0.324 e. The molecule has 0 amide bonds. The molecule has 1 aromatic heterocycles. The van der Waals surface area contributed by atoms with Crippen LogP contribution in [0.1, 0.15) is 23.0 Å². The van der Waals surface area contributed by atoms with Crippen LogP contribution in [0.5, 0.6) is 0 Å². The summed E-state index contributed by atoms with van der Waals surface area (Å²) in [5.74, 6) is -4.33. The normalized spacial score (nSPS) is 16.4. The lowest BCUT2D eigenvalue weighted by Gasteiger charge is -2.24. The van der Waals surface area contributed by atoms with Crippen LogP contribution in [0.4, 0.5) is 32.3 Å². The maximum Gasteiger partial charge on any atom is 0.453 e. The van der Waals surface area contributed by atoms with E-state index in [0.717, 1.165) is 16.8 Å². The van der Waals surface area contributed by atoms with Crippen molar-refractivity contribution in [1.82, 2.24) is 14.8 Å². The summed E-state index contributed by atoms with van der Waals surface area (Å²) in [5, 5.41) is 6.18. The molecule has 2 heterocycles. The van der Waals surface area contributed by atoms with E-state index in [4.69, 9.17) is 0 Å². The van der Waals surface area contributed by atoms with E-state index >= 15 is 0 Å². The number of alkyl halides is 3. The van der Waals surface area contributed by atoms with Crippen LogP contribution in [0.3, 0.4) is 0 Å². The second-order valence-electron chi connectivity index (χ2n) is 6.03. The number of hydrogen-bond donors (Lipinski definition) is 1. The third kappa shape index (κ3) is 3.21. The summed E-state index contributed by atoms with van der Waals surface area (Å²) in [6.45, 7) is 0. The van der Waals surface area contributed by atoms with Gasteiger partial charge in [0.25, 0.3) is 5.82 Å². The van der Waals surface area contributed by atoms with Gasteiger partial charge in [-0.2, -0.15) is 18.2 Å². The fraction of sp³-hybridized carbons (Fsp3) is 0.111. The first-order chi connectivity index (χ1) is 13.2. The first-order valence-electron chi connectivity index (χ1n) is 7.96. The quantitative estimate of drug-likeness (QED) is 0.635. The maximum absolute atomic E-state index is 13.7. The van der Waals surface area contributed by atoms with Gasteiger partial charge in [0.2, 0.25) is 5.95 Å². The predicted molar refractivity (Wildman–Crippen MR) is 87.5 cm³/mol. The monoisotopic (exact) mass is 396 g/mol. The summed E-state index contributed by atoms with van der Waals surface area (Å²) in [4.78, 5) is 3.46. The average Bonchev–Trinajstić information content (AvgIpc) is 3.08. The van der Waals surface area contributed by atoms with Gasteiger partial charge >= 0.3 is 6.18 Å². The van der Waals surface area contributed by atoms with Crippen LogP contribution in [0.25, 0.3) is 5.70 Å². The highest BCUT2D eigenvalue weighted by Gasteiger charge is 2.39. The van der Waals surface area contributed by atoms with Gasteiger partial charge in [-0.1, -0.05) is 6.07 Å². The van der Waals surface area contributed by atoms with E-state index in [1.807, 2.05) is 0 Å². The first kappa shape index (κ1) is 18.1. The minimum atomic E-state index is -4.79. The van der Waals surface area contributed by atoms with Crippen molar-refractivity contribution in [2.45, 2.75) is 12.2 Å². The van der Waals surface area contributed by atoms with E-state index in [0.29, 0.717) is 11.3 Å². The molecule has 1 aliphatic rings. The van der Waals surface area contributed by atoms with Gasteiger partial charge in [0.15, 0.2) is 11.6 Å². The van der Waals surface area contributed by atoms with E-state index in [1.165, 1.54) is 36.4 Å². The van der Waals surface area contributed by atoms with E-state index < -0.39 is 35.5 Å². The molecule has 4 rings (SSSR count). The average molecular weight is 396 g/mol. The highest BCUT2D eigenvalue weighted by atomic mass is 19.4. The van der Waals surface area contributed by atoms with Crippen molar-refractivity contribution in [3.05, 3.63) is 82.9 Å². The van der Waals surface area contributed by atoms with Crippen molar-refractivity contribution >= 4 is 11.6 Å². The molecule has 1 N–H and O–H groups in total. The molecule has 10 heteroatoms. The molecule has 0 saturated heterocycles. The van der Waals surface area contributed by atoms with Crippen LogP contribution in [0.2, 0.25) is 0 Å². The van der Waals surface area contributed by atoms with Crippen molar-refractivity contribution in [1.29, 1.82) is 0 Å². The lowest BCUT2D eigenvalue weighted by molar-refractivity contribution is -0.145. The Morgan fingerprint density at radius 1 is 0.929 bits per heavy atom. The topological polar surface area (TPSA) is 42.7 Å². The summed E-state index contributed by atoms with van der Waals surface area (Å²) in [7, 11) is 0. The maximum atomic E-state index is 13.7. The number of benzene rings is 2. The second-order valence-corrected chi connectivity index (χ2v) is 6.03. The molecule has 4 nitrogen and oxygen atoms in total. The highest BCUT2D eigenvalue weighted by molar-refractivity contribution is 5.77. The van der Waals surface area contributed by atoms with Crippen LogP contribution in [0.15, 0.2) is 48.5 Å². The minimum absolute atomic E-state index is 0.167. The Morgan fingerprint density at radius 2 is 1.64 bits per heavy atom. The second kappa shape index (κ2) is 6.39. The third-order valence-electron chi connectivity index (χ3n) is 4.16. The van der Waals surface area contributed by atoms with Crippen molar-refractivity contribution in [2.24, 2.45) is 0 Å². The highest BCUT2D eigenvalue weighted by Crippen LogP contribution is 2.36. The van der Waals surface area contributed by atoms with Gasteiger partial charge in [0, 0.05) is 5.70 Å². The van der Waals surface area contributed by atoms with Gasteiger partial charge in [0.1, 0.15) is 11.9 Å². The molecule has 1 unspecified atom stereocenters. The standard InChI is InChI=1S/C18H10F6N4/c19-11-4-1-9(2-5-11)14-8-15(10-3-6-12(20)13(21)7-10)28-17(25-14)26-16(27-28)18(22,23)24/h1-8,15H,(H,25,26,27). The van der Waals surface area contributed by atoms with Gasteiger partial charge in [-0.05, 0) is 53.6 Å². The number of nitrogens with zero attached hydrogens (tertiary/aromatic N) is 3. The van der Waals surface area contributed by atoms with E-state index in [-0.39, 0.29) is 11.5 Å². The summed E-state index contributed by atoms with van der Waals surface area (Å²) in [6, 6.07) is 7.22. The Labute approximate surface area is 154 Å². The minimum Gasteiger partial charge on any atom is -0.324 e. The predicted octanol–water partition coefficient (Wildman–Crippen LogP) is 4.77. The zero-order valence-corrected chi connectivity index (χ0v) is 13.8. The molecule has 2 aromatic carbocycles. The molecule has 0 bridgehead atoms. The van der Waals surface area contributed by atoms with E-state index in [9.17, 15) is 26.3 Å². The third-order valence-corrected chi connectivity index (χ3v) is 4.16. The summed E-state index contributed by atoms with van der Waals surface area (Å²) >= 11 is 0. The zero-order chi connectivity index (χ0) is 20.1. The van der Waals surface area contributed by atoms with Crippen LogP contribution >= 0.6 is 0 Å². The molecular formula is C18H10F6N4. The fourth-order valence-electron chi connectivity index (χ4n) is 2.84. The molecule has 1 aliphatic heterocycles. The fourth-order valence-corrected chi connectivity index (χ4v) is 2.84. The molecule has 0 saturated carbocycles. The van der Waals surface area contributed by atoms with Crippen LogP contribution in [-0.2, 0) is 6.18 Å². The van der Waals surface area contributed by atoms with Crippen molar-refractivity contribution in [3.8, 4) is 0 Å². The first-order valence-corrected chi connectivity index (χ1v) is 7.96. The number of anilines is 1. The zero-order valence-electron chi connectivity index (χ0n) is 13.8. The summed E-state index contributed by atoms with van der Waals surface area (Å²) in [6.07, 6.45) is -3.32. The Kier molecular flexibility index (Phi) is 4.13. The largest absolute Gasteiger partial charge is 0.453 e. The number of hydrogen-bond acceptors (Lipinski definition) is 3. The molecule has 0 spiro atoms. The van der Waals surface area contributed by atoms with Gasteiger partial charge < -0.3 is 5.32 Å². The number of nitrogens with one attached hydrogen (secondary N) is 1. The summed E-state index contributed by atoms with van der Waals surface area (Å²) < 4.78 is 80.2. The van der Waals surface area contributed by atoms with E-state index in [1.54, 1.807) is 0 Å². The van der Waals surface area contributed by atoms with Gasteiger partial charge in [-0.15, -0.1) is 5.10 Å². The molecule has 1 atom stereocenters. The molecule has 0 aliphatic carbocycles. The number of halogens is 6. The number of rotatable bonds is 2. The lowest BCUT2D eigenvalue weighted by Crippen LogP contribution is -2.20. The number of allylic oxidation sites excluding steroid dienone is 1. The number of fused-ring (bicyclic) bond motifs is 1. The van der Waals surface area contributed by atoms with Crippen molar-refractivity contribution in [3.63, 3.8) is 0 Å². The molecule has 0 fully saturated rings. The Balaban J connectivity index is 1.85. The van der Waals surface area contributed by atoms with Crippen LogP contribution in [-0.4, -0.2) is 14.8 Å². The van der Waals surface area contributed by atoms with Crippen LogP contribution in [0, 0.1) is 17.5 Å². The van der Waals surface area contributed by atoms with Gasteiger partial charge in [0.05, 0.1) is 0 Å². The van der Waals surface area contributed by atoms with Crippen LogP contribution < -0.4 is 5.32 Å².